The number of benzene rings is 3. The Bertz CT molecular complexity index is 1340. The first-order chi connectivity index (χ1) is 20.0. The summed E-state index contributed by atoms with van der Waals surface area (Å²) in [5.74, 6) is -2.23. The average molecular weight is 593 g/mol. The van der Waals surface area contributed by atoms with Crippen molar-refractivity contribution in [1.82, 2.24) is 0 Å². The molecule has 1 heterocycles. The Morgan fingerprint density at radius 2 is 1.24 bits per heavy atom. The molecule has 0 radical (unpaired) electrons. The molecule has 9 nitrogen and oxygen atoms in total. The zero-order chi connectivity index (χ0) is 30.3. The molecular formula is C32H36O9Si. The quantitative estimate of drug-likeness (QED) is 0.199. The summed E-state index contributed by atoms with van der Waals surface area (Å²) in [6.07, 6.45) is -6.26. The van der Waals surface area contributed by atoms with Gasteiger partial charge in [-0.25, -0.2) is 14.4 Å². The normalized spacial score (nSPS) is 23.9. The molecule has 5 atom stereocenters. The maximum atomic E-state index is 13.4. The van der Waals surface area contributed by atoms with E-state index in [2.05, 4.69) is 19.6 Å². The summed E-state index contributed by atoms with van der Waals surface area (Å²) in [6.45, 7) is 5.84. The van der Waals surface area contributed by atoms with Crippen molar-refractivity contribution in [3.63, 3.8) is 0 Å². The Morgan fingerprint density at radius 1 is 0.762 bits per heavy atom. The van der Waals surface area contributed by atoms with E-state index in [4.69, 9.17) is 18.9 Å². The van der Waals surface area contributed by atoms with Gasteiger partial charge in [-0.05, 0) is 42.8 Å². The molecule has 0 amide bonds. The van der Waals surface area contributed by atoms with Crippen LogP contribution in [0.1, 0.15) is 37.5 Å². The first-order valence-electron chi connectivity index (χ1n) is 13.8. The van der Waals surface area contributed by atoms with E-state index < -0.39 is 62.8 Å². The zero-order valence-corrected chi connectivity index (χ0v) is 24.8. The number of carbonyl (C=O) groups is 3. The molecular weight excluding hydrogens is 556 g/mol. The van der Waals surface area contributed by atoms with Gasteiger partial charge < -0.3 is 29.2 Å². The molecule has 3 aromatic rings. The van der Waals surface area contributed by atoms with Crippen molar-refractivity contribution in [2.24, 2.45) is 0 Å². The topological polar surface area (TPSA) is 129 Å². The van der Waals surface area contributed by atoms with Crippen LogP contribution in [0.25, 0.3) is 0 Å². The third kappa shape index (κ3) is 7.51. The van der Waals surface area contributed by atoms with Gasteiger partial charge in [-0.3, -0.25) is 0 Å². The number of hydrogen-bond donors (Lipinski definition) is 2. The van der Waals surface area contributed by atoms with Crippen LogP contribution in [0.4, 0.5) is 0 Å². The summed E-state index contributed by atoms with van der Waals surface area (Å²) in [6, 6.07) is 25.1. The fraction of sp³-hybridized carbons (Fsp3) is 0.344. The minimum atomic E-state index is -1.96. The molecule has 1 aliphatic rings. The smallest absolute Gasteiger partial charge is 0.339 e. The Labute approximate surface area is 246 Å². The van der Waals surface area contributed by atoms with Gasteiger partial charge in [-0.2, -0.15) is 0 Å². The molecule has 1 aliphatic heterocycles. The molecule has 4 rings (SSSR count). The average Bonchev–Trinajstić information content (AvgIpc) is 2.99. The fourth-order valence-corrected chi connectivity index (χ4v) is 5.81. The predicted molar refractivity (Wildman–Crippen MR) is 157 cm³/mol. The third-order valence-corrected chi connectivity index (χ3v) is 8.83. The van der Waals surface area contributed by atoms with Crippen LogP contribution in [0.5, 0.6) is 0 Å². The standard InChI is InChI=1S/C32H36O9Si/c1-42(2,3)20-19-32(41-30(36)24-17-11-6-12-18-24)27(40-29(35)23-15-9-5-10-16-23)26(33)25(39-31(32)37)21-38-28(34)22-13-7-4-8-14-22/h4-18,25-27,31,33,37H,19-21H2,1-3H3/t25-,26+,27+,31-,32-/m1/s1. The monoisotopic (exact) mass is 592 g/mol. The number of carbonyl (C=O) groups excluding carboxylic acids is 3. The van der Waals surface area contributed by atoms with E-state index in [1.165, 1.54) is 0 Å². The minimum absolute atomic E-state index is 0.0444. The minimum Gasteiger partial charge on any atom is -0.459 e. The summed E-state index contributed by atoms with van der Waals surface area (Å²) in [5, 5.41) is 23.1. The Hall–Kier alpha value is -3.83. The third-order valence-electron chi connectivity index (χ3n) is 7.08. The molecule has 0 unspecified atom stereocenters. The number of ether oxygens (including phenoxy) is 4. The number of aliphatic hydroxyl groups excluding tert-OH is 2. The van der Waals surface area contributed by atoms with Crippen molar-refractivity contribution >= 4 is 26.0 Å². The van der Waals surface area contributed by atoms with Gasteiger partial charge in [0.25, 0.3) is 0 Å². The van der Waals surface area contributed by atoms with Crippen LogP contribution >= 0.6 is 0 Å². The van der Waals surface area contributed by atoms with Crippen molar-refractivity contribution in [1.29, 1.82) is 0 Å². The molecule has 0 saturated carbocycles. The van der Waals surface area contributed by atoms with Crippen LogP contribution < -0.4 is 0 Å². The molecule has 0 aliphatic carbocycles. The van der Waals surface area contributed by atoms with Crippen molar-refractivity contribution in [2.45, 2.75) is 62.3 Å². The van der Waals surface area contributed by atoms with E-state index in [9.17, 15) is 24.6 Å². The lowest BCUT2D eigenvalue weighted by atomic mass is 9.83. The Balaban J connectivity index is 1.69. The van der Waals surface area contributed by atoms with E-state index in [-0.39, 0.29) is 23.1 Å². The van der Waals surface area contributed by atoms with E-state index in [0.29, 0.717) is 6.04 Å². The molecule has 0 bridgehead atoms. The van der Waals surface area contributed by atoms with Crippen molar-refractivity contribution in [2.75, 3.05) is 6.61 Å². The van der Waals surface area contributed by atoms with E-state index in [1.54, 1.807) is 91.0 Å². The first-order valence-corrected chi connectivity index (χ1v) is 17.5. The highest BCUT2D eigenvalue weighted by molar-refractivity contribution is 6.76. The Morgan fingerprint density at radius 3 is 1.74 bits per heavy atom. The van der Waals surface area contributed by atoms with Crippen LogP contribution in [0.2, 0.25) is 25.7 Å². The lowest BCUT2D eigenvalue weighted by Gasteiger charge is -2.50. The highest BCUT2D eigenvalue weighted by Crippen LogP contribution is 2.40. The van der Waals surface area contributed by atoms with Crippen LogP contribution in [0.15, 0.2) is 91.0 Å². The lowest BCUT2D eigenvalue weighted by Crippen LogP contribution is -2.69. The van der Waals surface area contributed by atoms with Crippen LogP contribution in [0, 0.1) is 0 Å². The zero-order valence-electron chi connectivity index (χ0n) is 23.8. The van der Waals surface area contributed by atoms with Crippen LogP contribution in [-0.4, -0.2) is 73.0 Å². The fourth-order valence-electron chi connectivity index (χ4n) is 4.67. The summed E-state index contributed by atoms with van der Waals surface area (Å²) in [4.78, 5) is 39.3. The summed E-state index contributed by atoms with van der Waals surface area (Å²) >= 11 is 0. The molecule has 42 heavy (non-hydrogen) atoms. The van der Waals surface area contributed by atoms with Gasteiger partial charge in [-0.15, -0.1) is 0 Å². The molecule has 2 N–H and O–H groups in total. The van der Waals surface area contributed by atoms with Crippen LogP contribution in [-0.2, 0) is 18.9 Å². The number of hydrogen-bond acceptors (Lipinski definition) is 9. The molecule has 0 aromatic heterocycles. The lowest BCUT2D eigenvalue weighted by molar-refractivity contribution is -0.326. The first kappa shape index (κ1) is 31.1. The maximum absolute atomic E-state index is 13.4. The highest BCUT2D eigenvalue weighted by atomic mass is 28.3. The second kappa shape index (κ2) is 13.4. The largest absolute Gasteiger partial charge is 0.459 e. The molecule has 222 valence electrons. The van der Waals surface area contributed by atoms with Gasteiger partial charge in [-0.1, -0.05) is 80.3 Å². The van der Waals surface area contributed by atoms with Crippen LogP contribution in [0.3, 0.4) is 0 Å². The molecule has 0 spiro atoms. The van der Waals surface area contributed by atoms with Gasteiger partial charge in [0.05, 0.1) is 16.7 Å². The highest BCUT2D eigenvalue weighted by Gasteiger charge is 2.61. The summed E-state index contributed by atoms with van der Waals surface area (Å²) < 4.78 is 23.0. The second-order valence-corrected chi connectivity index (χ2v) is 17.1. The van der Waals surface area contributed by atoms with Gasteiger partial charge in [0.2, 0.25) is 5.60 Å². The number of aliphatic hydroxyl groups is 2. The molecule has 1 saturated heterocycles. The van der Waals surface area contributed by atoms with E-state index >= 15 is 0 Å². The van der Waals surface area contributed by atoms with E-state index in [1.807, 2.05) is 0 Å². The molecule has 1 fully saturated rings. The molecule has 10 heteroatoms. The van der Waals surface area contributed by atoms with Crippen molar-refractivity contribution < 1.29 is 43.5 Å². The van der Waals surface area contributed by atoms with Gasteiger partial charge >= 0.3 is 17.9 Å². The van der Waals surface area contributed by atoms with Gasteiger partial charge in [0, 0.05) is 8.07 Å². The van der Waals surface area contributed by atoms with E-state index in [0.717, 1.165) is 0 Å². The summed E-state index contributed by atoms with van der Waals surface area (Å²) in [7, 11) is -1.84. The second-order valence-electron chi connectivity index (χ2n) is 11.4. The Kier molecular flexibility index (Phi) is 9.95. The maximum Gasteiger partial charge on any atom is 0.339 e. The summed E-state index contributed by atoms with van der Waals surface area (Å²) in [5.41, 5.74) is -1.27. The number of rotatable bonds is 10. The predicted octanol–water partition coefficient (Wildman–Crippen LogP) is 4.47. The molecule has 3 aromatic carbocycles. The van der Waals surface area contributed by atoms with Gasteiger partial charge in [0.15, 0.2) is 12.4 Å². The van der Waals surface area contributed by atoms with Gasteiger partial charge in [0.1, 0.15) is 18.8 Å². The van der Waals surface area contributed by atoms with Crippen molar-refractivity contribution in [3.8, 4) is 0 Å². The van der Waals surface area contributed by atoms with Crippen molar-refractivity contribution in [3.05, 3.63) is 108 Å². The number of esters is 3. The SMILES string of the molecule is C[Si](C)(C)CC[C@]1(OC(=O)c2ccccc2)[C@H](O)O[C@H](COC(=O)c2ccccc2)[C@H](O)[C@@H]1OC(=O)c1ccccc1.